The highest BCUT2D eigenvalue weighted by molar-refractivity contribution is 14.0. The summed E-state index contributed by atoms with van der Waals surface area (Å²) in [6.45, 7) is 6.34. The van der Waals surface area contributed by atoms with E-state index in [-0.39, 0.29) is 24.0 Å². The zero-order chi connectivity index (χ0) is 14.5. The van der Waals surface area contributed by atoms with E-state index in [1.54, 1.807) is 0 Å². The van der Waals surface area contributed by atoms with E-state index in [0.29, 0.717) is 6.04 Å². The largest absolute Gasteiger partial charge is 0.363 e. The van der Waals surface area contributed by atoms with Crippen LogP contribution in [0.2, 0.25) is 0 Å². The second kappa shape index (κ2) is 8.96. The summed E-state index contributed by atoms with van der Waals surface area (Å²) in [4.78, 5) is 7.22. The van der Waals surface area contributed by atoms with E-state index < -0.39 is 0 Å². The standard InChI is InChI=1S/C16H26N4S.HI/c1-2-17-16(18-12-13-5-6-13)19-14-7-9-20(10-8-14)15-4-3-11-21-15;/h3-4,11,13-14H,2,5-10,12H2,1H3,(H2,17,18,19);1H. The monoisotopic (exact) mass is 434 g/mol. The zero-order valence-corrected chi connectivity index (χ0v) is 16.4. The van der Waals surface area contributed by atoms with E-state index in [4.69, 9.17) is 4.99 Å². The molecule has 4 nitrogen and oxygen atoms in total. The van der Waals surface area contributed by atoms with Crippen LogP contribution >= 0.6 is 35.3 Å². The van der Waals surface area contributed by atoms with Gasteiger partial charge in [-0.1, -0.05) is 0 Å². The summed E-state index contributed by atoms with van der Waals surface area (Å²) in [5, 5.41) is 10.6. The second-order valence-electron chi connectivity index (χ2n) is 6.02. The van der Waals surface area contributed by atoms with Gasteiger partial charge >= 0.3 is 0 Å². The van der Waals surface area contributed by atoms with Gasteiger partial charge in [0.15, 0.2) is 5.96 Å². The molecule has 1 saturated carbocycles. The molecule has 1 aliphatic heterocycles. The third-order valence-corrected chi connectivity index (χ3v) is 5.13. The van der Waals surface area contributed by atoms with Crippen LogP contribution < -0.4 is 15.5 Å². The molecule has 1 saturated heterocycles. The van der Waals surface area contributed by atoms with Crippen molar-refractivity contribution in [3.63, 3.8) is 0 Å². The Hall–Kier alpha value is -0.500. The van der Waals surface area contributed by atoms with Crippen molar-refractivity contribution in [2.24, 2.45) is 10.9 Å². The van der Waals surface area contributed by atoms with Gasteiger partial charge in [-0.2, -0.15) is 0 Å². The molecule has 6 heteroatoms. The molecular formula is C16H27IN4S. The maximum Gasteiger partial charge on any atom is 0.191 e. The Bertz CT molecular complexity index is 451. The van der Waals surface area contributed by atoms with E-state index in [2.05, 4.69) is 40.0 Å². The van der Waals surface area contributed by atoms with Crippen molar-refractivity contribution in [2.45, 2.75) is 38.6 Å². The van der Waals surface area contributed by atoms with Gasteiger partial charge in [-0.05, 0) is 56.0 Å². The fraction of sp³-hybridized carbons (Fsp3) is 0.688. The summed E-state index contributed by atoms with van der Waals surface area (Å²) in [5.74, 6) is 1.86. The molecule has 0 aromatic carbocycles. The molecule has 3 rings (SSSR count). The molecule has 2 aliphatic rings. The number of aliphatic imine (C=N–C) groups is 1. The predicted molar refractivity (Wildman–Crippen MR) is 107 cm³/mol. The first-order valence-electron chi connectivity index (χ1n) is 8.18. The molecule has 0 radical (unpaired) electrons. The highest BCUT2D eigenvalue weighted by Crippen LogP contribution is 2.28. The van der Waals surface area contributed by atoms with Crippen LogP contribution in [0.15, 0.2) is 22.5 Å². The minimum Gasteiger partial charge on any atom is -0.363 e. The first-order chi connectivity index (χ1) is 10.3. The summed E-state index contributed by atoms with van der Waals surface area (Å²) < 4.78 is 0. The van der Waals surface area contributed by atoms with Crippen molar-refractivity contribution in [1.82, 2.24) is 10.6 Å². The Kier molecular flexibility index (Phi) is 7.27. The number of hydrogen-bond acceptors (Lipinski definition) is 3. The normalized spacial score (nSPS) is 19.7. The Morgan fingerprint density at radius 3 is 2.68 bits per heavy atom. The third kappa shape index (κ3) is 5.30. The minimum atomic E-state index is 0. The smallest absolute Gasteiger partial charge is 0.191 e. The number of guanidine groups is 1. The molecule has 124 valence electrons. The van der Waals surface area contributed by atoms with Crippen LogP contribution in [-0.4, -0.2) is 38.2 Å². The average molecular weight is 434 g/mol. The van der Waals surface area contributed by atoms with Crippen LogP contribution in [0, 0.1) is 5.92 Å². The SMILES string of the molecule is CCNC(=NCC1CC1)NC1CCN(c2cccs2)CC1.I. The number of halogens is 1. The van der Waals surface area contributed by atoms with E-state index in [1.165, 1.54) is 30.7 Å². The van der Waals surface area contributed by atoms with Gasteiger partial charge < -0.3 is 15.5 Å². The number of anilines is 1. The number of hydrogen-bond donors (Lipinski definition) is 2. The van der Waals surface area contributed by atoms with Gasteiger partial charge in [0, 0.05) is 32.2 Å². The number of rotatable bonds is 5. The lowest BCUT2D eigenvalue weighted by Gasteiger charge is -2.33. The van der Waals surface area contributed by atoms with Crippen molar-refractivity contribution in [3.05, 3.63) is 17.5 Å². The van der Waals surface area contributed by atoms with Gasteiger partial charge in [-0.3, -0.25) is 4.99 Å². The molecule has 0 amide bonds. The van der Waals surface area contributed by atoms with Gasteiger partial charge in [0.1, 0.15) is 0 Å². The average Bonchev–Trinajstić information content (AvgIpc) is 3.18. The van der Waals surface area contributed by atoms with E-state index in [9.17, 15) is 0 Å². The quantitative estimate of drug-likeness (QED) is 0.425. The van der Waals surface area contributed by atoms with E-state index >= 15 is 0 Å². The molecule has 1 aliphatic carbocycles. The molecule has 2 heterocycles. The molecular weight excluding hydrogens is 407 g/mol. The molecule has 22 heavy (non-hydrogen) atoms. The van der Waals surface area contributed by atoms with Gasteiger partial charge in [0.2, 0.25) is 0 Å². The van der Waals surface area contributed by atoms with Crippen LogP contribution in [0.3, 0.4) is 0 Å². The number of piperidine rings is 1. The van der Waals surface area contributed by atoms with Gasteiger partial charge in [-0.25, -0.2) is 0 Å². The molecule has 1 aromatic rings. The minimum absolute atomic E-state index is 0. The summed E-state index contributed by atoms with van der Waals surface area (Å²) in [6.07, 6.45) is 5.10. The highest BCUT2D eigenvalue weighted by atomic mass is 127. The lowest BCUT2D eigenvalue weighted by molar-refractivity contribution is 0.462. The summed E-state index contributed by atoms with van der Waals surface area (Å²) in [7, 11) is 0. The fourth-order valence-corrected chi connectivity index (χ4v) is 3.51. The van der Waals surface area contributed by atoms with Crippen molar-refractivity contribution >= 4 is 46.3 Å². The molecule has 0 spiro atoms. The molecule has 2 fully saturated rings. The predicted octanol–water partition coefficient (Wildman–Crippen LogP) is 3.30. The fourth-order valence-electron chi connectivity index (χ4n) is 2.73. The molecule has 0 bridgehead atoms. The highest BCUT2D eigenvalue weighted by Gasteiger charge is 2.22. The van der Waals surface area contributed by atoms with Gasteiger partial charge in [0.25, 0.3) is 0 Å². The zero-order valence-electron chi connectivity index (χ0n) is 13.3. The maximum absolute atomic E-state index is 4.72. The summed E-state index contributed by atoms with van der Waals surface area (Å²) in [6, 6.07) is 4.91. The van der Waals surface area contributed by atoms with Crippen molar-refractivity contribution in [2.75, 3.05) is 31.1 Å². The topological polar surface area (TPSA) is 39.7 Å². The van der Waals surface area contributed by atoms with Crippen molar-refractivity contribution in [3.8, 4) is 0 Å². The van der Waals surface area contributed by atoms with Crippen molar-refractivity contribution < 1.29 is 0 Å². The van der Waals surface area contributed by atoms with E-state index in [1.807, 2.05) is 11.3 Å². The number of thiophene rings is 1. The molecule has 2 N–H and O–H groups in total. The molecule has 1 aromatic heterocycles. The summed E-state index contributed by atoms with van der Waals surface area (Å²) in [5.41, 5.74) is 0. The molecule has 0 atom stereocenters. The first kappa shape index (κ1) is 17.8. The Morgan fingerprint density at radius 2 is 2.09 bits per heavy atom. The Labute approximate surface area is 154 Å². The van der Waals surface area contributed by atoms with Crippen LogP contribution in [0.5, 0.6) is 0 Å². The molecule has 0 unspecified atom stereocenters. The maximum atomic E-state index is 4.72. The van der Waals surface area contributed by atoms with Crippen LogP contribution in [0.25, 0.3) is 0 Å². The number of nitrogens with one attached hydrogen (secondary N) is 2. The lowest BCUT2D eigenvalue weighted by atomic mass is 10.1. The lowest BCUT2D eigenvalue weighted by Crippen LogP contribution is -2.48. The Balaban J connectivity index is 0.00000176. The van der Waals surface area contributed by atoms with Crippen LogP contribution in [-0.2, 0) is 0 Å². The van der Waals surface area contributed by atoms with Crippen LogP contribution in [0.4, 0.5) is 5.00 Å². The Morgan fingerprint density at radius 1 is 1.32 bits per heavy atom. The number of nitrogens with zero attached hydrogens (tertiary/aromatic N) is 2. The summed E-state index contributed by atoms with van der Waals surface area (Å²) >= 11 is 1.84. The third-order valence-electron chi connectivity index (χ3n) is 4.20. The van der Waals surface area contributed by atoms with Crippen LogP contribution in [0.1, 0.15) is 32.6 Å². The van der Waals surface area contributed by atoms with Gasteiger partial charge in [0.05, 0.1) is 5.00 Å². The second-order valence-corrected chi connectivity index (χ2v) is 6.95. The van der Waals surface area contributed by atoms with Gasteiger partial charge in [-0.15, -0.1) is 35.3 Å². The van der Waals surface area contributed by atoms with E-state index in [0.717, 1.165) is 38.1 Å². The van der Waals surface area contributed by atoms with Crippen molar-refractivity contribution in [1.29, 1.82) is 0 Å². The first-order valence-corrected chi connectivity index (χ1v) is 9.06.